The Morgan fingerprint density at radius 2 is 1.82 bits per heavy atom. The Morgan fingerprint density at radius 3 is 2.45 bits per heavy atom. The number of hydrogen-bond donors (Lipinski definition) is 1. The van der Waals surface area contributed by atoms with Crippen LogP contribution in [0, 0.1) is 0 Å². The first-order valence-electron chi connectivity index (χ1n) is 8.10. The van der Waals surface area contributed by atoms with Gasteiger partial charge in [0.25, 0.3) is 0 Å². The highest BCUT2D eigenvalue weighted by Gasteiger charge is 2.41. The maximum atomic E-state index is 12.2. The lowest BCUT2D eigenvalue weighted by molar-refractivity contribution is -0.152. The number of amides is 1. The highest BCUT2D eigenvalue weighted by molar-refractivity contribution is 5.88. The van der Waals surface area contributed by atoms with Crippen LogP contribution in [0.15, 0.2) is 30.3 Å². The first-order valence-corrected chi connectivity index (χ1v) is 8.10. The Hall–Kier alpha value is -1.84. The quantitative estimate of drug-likeness (QED) is 0.822. The molecule has 22 heavy (non-hydrogen) atoms. The Labute approximate surface area is 132 Å². The van der Waals surface area contributed by atoms with Crippen molar-refractivity contribution in [2.45, 2.75) is 56.9 Å². The van der Waals surface area contributed by atoms with E-state index >= 15 is 0 Å². The topological polar surface area (TPSA) is 55.4 Å². The van der Waals surface area contributed by atoms with Crippen LogP contribution in [-0.2, 0) is 20.7 Å². The highest BCUT2D eigenvalue weighted by Crippen LogP contribution is 2.29. The maximum Gasteiger partial charge on any atom is 0.331 e. The van der Waals surface area contributed by atoms with Gasteiger partial charge in [0.1, 0.15) is 5.54 Å². The van der Waals surface area contributed by atoms with Crippen molar-refractivity contribution in [3.63, 3.8) is 0 Å². The van der Waals surface area contributed by atoms with E-state index in [1.165, 1.54) is 12.7 Å². The van der Waals surface area contributed by atoms with Gasteiger partial charge in [0, 0.05) is 6.42 Å². The van der Waals surface area contributed by atoms with Crippen LogP contribution in [0.25, 0.3) is 0 Å². The molecule has 1 fully saturated rings. The van der Waals surface area contributed by atoms with Crippen LogP contribution in [0.3, 0.4) is 0 Å². The molecule has 0 bridgehead atoms. The van der Waals surface area contributed by atoms with Crippen LogP contribution in [0.4, 0.5) is 0 Å². The van der Waals surface area contributed by atoms with E-state index in [1.54, 1.807) is 0 Å². The summed E-state index contributed by atoms with van der Waals surface area (Å²) in [4.78, 5) is 24.3. The van der Waals surface area contributed by atoms with Gasteiger partial charge in [-0.2, -0.15) is 0 Å². The van der Waals surface area contributed by atoms with Gasteiger partial charge in [-0.05, 0) is 31.2 Å². The van der Waals surface area contributed by atoms with Gasteiger partial charge in [-0.1, -0.05) is 49.6 Å². The molecular formula is C18H25NO3. The third-order valence-electron chi connectivity index (χ3n) is 4.37. The second-order valence-corrected chi connectivity index (χ2v) is 6.02. The zero-order chi connectivity index (χ0) is 15.8. The molecule has 1 aromatic carbocycles. The number of ether oxygens (including phenoxy) is 1. The number of methoxy groups -OCH3 is 1. The molecule has 1 aliphatic rings. The number of nitrogens with one attached hydrogen (secondary N) is 1. The van der Waals surface area contributed by atoms with Gasteiger partial charge < -0.3 is 10.1 Å². The number of esters is 1. The van der Waals surface area contributed by atoms with Crippen LogP contribution < -0.4 is 5.32 Å². The molecule has 2 rings (SSSR count). The van der Waals surface area contributed by atoms with Crippen molar-refractivity contribution in [3.05, 3.63) is 35.9 Å². The van der Waals surface area contributed by atoms with Gasteiger partial charge in [0.05, 0.1) is 7.11 Å². The summed E-state index contributed by atoms with van der Waals surface area (Å²) in [6, 6.07) is 10.1. The molecule has 0 saturated heterocycles. The SMILES string of the molecule is COC(=O)C1(NC(=O)CCCc2ccccc2)CCCCC1. The largest absolute Gasteiger partial charge is 0.467 e. The molecule has 4 nitrogen and oxygen atoms in total. The predicted molar refractivity (Wildman–Crippen MR) is 85.4 cm³/mol. The summed E-state index contributed by atoms with van der Waals surface area (Å²) in [6.45, 7) is 0. The van der Waals surface area contributed by atoms with Gasteiger partial charge >= 0.3 is 5.97 Å². The molecule has 1 saturated carbocycles. The van der Waals surface area contributed by atoms with Crippen molar-refractivity contribution >= 4 is 11.9 Å². The number of aryl methyl sites for hydroxylation is 1. The standard InChI is InChI=1S/C18H25NO3/c1-22-17(21)18(13-6-3-7-14-18)19-16(20)12-8-11-15-9-4-2-5-10-15/h2,4-5,9-10H,3,6-8,11-14H2,1H3,(H,19,20). The Bertz CT molecular complexity index is 492. The van der Waals surface area contributed by atoms with Crippen LogP contribution in [0.5, 0.6) is 0 Å². The molecule has 1 aromatic rings. The van der Waals surface area contributed by atoms with Crippen molar-refractivity contribution in [3.8, 4) is 0 Å². The minimum absolute atomic E-state index is 0.0526. The van der Waals surface area contributed by atoms with E-state index in [-0.39, 0.29) is 11.9 Å². The smallest absolute Gasteiger partial charge is 0.331 e. The molecule has 0 radical (unpaired) electrons. The molecule has 0 unspecified atom stereocenters. The Morgan fingerprint density at radius 1 is 1.14 bits per heavy atom. The minimum atomic E-state index is -0.795. The van der Waals surface area contributed by atoms with Gasteiger partial charge in [-0.25, -0.2) is 4.79 Å². The summed E-state index contributed by atoms with van der Waals surface area (Å²) in [5, 5.41) is 2.96. The molecule has 1 amide bonds. The van der Waals surface area contributed by atoms with Crippen molar-refractivity contribution in [1.82, 2.24) is 5.32 Å². The maximum absolute atomic E-state index is 12.2. The van der Waals surface area contributed by atoms with E-state index < -0.39 is 5.54 Å². The van der Waals surface area contributed by atoms with Gasteiger partial charge in [-0.3, -0.25) is 4.79 Å². The second-order valence-electron chi connectivity index (χ2n) is 6.02. The van der Waals surface area contributed by atoms with Crippen LogP contribution in [-0.4, -0.2) is 24.5 Å². The van der Waals surface area contributed by atoms with E-state index in [4.69, 9.17) is 4.74 Å². The molecule has 0 spiro atoms. The molecule has 1 N–H and O–H groups in total. The van der Waals surface area contributed by atoms with E-state index in [0.29, 0.717) is 19.3 Å². The first-order chi connectivity index (χ1) is 10.7. The van der Waals surface area contributed by atoms with E-state index in [0.717, 1.165) is 32.1 Å². The summed E-state index contributed by atoms with van der Waals surface area (Å²) in [6.07, 6.45) is 6.50. The number of carbonyl (C=O) groups excluding carboxylic acids is 2. The molecule has 1 aliphatic carbocycles. The fourth-order valence-corrected chi connectivity index (χ4v) is 3.16. The molecule has 0 aliphatic heterocycles. The number of benzene rings is 1. The number of rotatable bonds is 6. The molecule has 0 atom stereocenters. The fraction of sp³-hybridized carbons (Fsp3) is 0.556. The molecule has 120 valence electrons. The van der Waals surface area contributed by atoms with E-state index in [9.17, 15) is 9.59 Å². The van der Waals surface area contributed by atoms with Gasteiger partial charge in [-0.15, -0.1) is 0 Å². The van der Waals surface area contributed by atoms with Crippen molar-refractivity contribution in [2.24, 2.45) is 0 Å². The average Bonchev–Trinajstić information content (AvgIpc) is 2.56. The third kappa shape index (κ3) is 4.33. The summed E-state index contributed by atoms with van der Waals surface area (Å²) in [5.74, 6) is -0.355. The van der Waals surface area contributed by atoms with Crippen LogP contribution in [0.2, 0.25) is 0 Å². The zero-order valence-corrected chi connectivity index (χ0v) is 13.3. The first kappa shape index (κ1) is 16.5. The average molecular weight is 303 g/mol. The van der Waals surface area contributed by atoms with Crippen molar-refractivity contribution in [2.75, 3.05) is 7.11 Å². The molecular weight excluding hydrogens is 278 g/mol. The van der Waals surface area contributed by atoms with E-state index in [2.05, 4.69) is 17.4 Å². The number of carbonyl (C=O) groups is 2. The fourth-order valence-electron chi connectivity index (χ4n) is 3.16. The summed E-state index contributed by atoms with van der Waals surface area (Å²) < 4.78 is 4.91. The van der Waals surface area contributed by atoms with Crippen molar-refractivity contribution < 1.29 is 14.3 Å². The predicted octanol–water partition coefficient (Wildman–Crippen LogP) is 3.00. The minimum Gasteiger partial charge on any atom is -0.467 e. The lowest BCUT2D eigenvalue weighted by Crippen LogP contribution is -2.56. The Kier molecular flexibility index (Phi) is 5.99. The van der Waals surface area contributed by atoms with Crippen molar-refractivity contribution in [1.29, 1.82) is 0 Å². The van der Waals surface area contributed by atoms with Crippen LogP contribution in [0.1, 0.15) is 50.5 Å². The summed E-state index contributed by atoms with van der Waals surface area (Å²) in [7, 11) is 1.39. The zero-order valence-electron chi connectivity index (χ0n) is 13.3. The number of hydrogen-bond acceptors (Lipinski definition) is 3. The van der Waals surface area contributed by atoms with E-state index in [1.807, 2.05) is 18.2 Å². The molecule has 0 aromatic heterocycles. The monoisotopic (exact) mass is 303 g/mol. The third-order valence-corrected chi connectivity index (χ3v) is 4.37. The van der Waals surface area contributed by atoms with Gasteiger partial charge in [0.15, 0.2) is 0 Å². The van der Waals surface area contributed by atoms with Crippen LogP contribution >= 0.6 is 0 Å². The highest BCUT2D eigenvalue weighted by atomic mass is 16.5. The lowest BCUT2D eigenvalue weighted by atomic mass is 9.81. The molecule has 4 heteroatoms. The second kappa shape index (κ2) is 7.97. The summed E-state index contributed by atoms with van der Waals surface area (Å²) in [5.41, 5.74) is 0.437. The lowest BCUT2D eigenvalue weighted by Gasteiger charge is -2.35. The normalized spacial score (nSPS) is 16.8. The summed E-state index contributed by atoms with van der Waals surface area (Å²) >= 11 is 0. The Balaban J connectivity index is 1.84. The van der Waals surface area contributed by atoms with Gasteiger partial charge in [0.2, 0.25) is 5.91 Å². The molecule has 0 heterocycles.